The summed E-state index contributed by atoms with van der Waals surface area (Å²) >= 11 is 0. The van der Waals surface area contributed by atoms with E-state index in [9.17, 15) is 4.79 Å². The van der Waals surface area contributed by atoms with Crippen molar-refractivity contribution in [2.45, 2.75) is 32.4 Å². The van der Waals surface area contributed by atoms with Crippen molar-refractivity contribution in [2.75, 3.05) is 19.7 Å². The van der Waals surface area contributed by atoms with E-state index in [1.807, 2.05) is 18.5 Å². The Morgan fingerprint density at radius 2 is 2.39 bits per heavy atom. The Morgan fingerprint density at radius 3 is 3.22 bits per heavy atom. The van der Waals surface area contributed by atoms with Gasteiger partial charge in [-0.15, -0.1) is 0 Å². The number of nitrogens with zero attached hydrogens (tertiary/aromatic N) is 3. The van der Waals surface area contributed by atoms with Crippen LogP contribution in [-0.2, 0) is 17.7 Å². The second-order valence-electron chi connectivity index (χ2n) is 5.97. The van der Waals surface area contributed by atoms with E-state index >= 15 is 0 Å². The third-order valence-electron chi connectivity index (χ3n) is 4.22. The summed E-state index contributed by atoms with van der Waals surface area (Å²) in [6.45, 7) is 5.61. The Balaban J connectivity index is 1.54. The fourth-order valence-electron chi connectivity index (χ4n) is 2.86. The quantitative estimate of drug-likeness (QED) is 0.901. The van der Waals surface area contributed by atoms with Gasteiger partial charge in [-0.25, -0.2) is 4.98 Å². The number of ether oxygens (including phenoxy) is 1. The lowest BCUT2D eigenvalue weighted by molar-refractivity contribution is -0.0347. The molecule has 6 nitrogen and oxygen atoms in total. The Kier molecular flexibility index (Phi) is 5.15. The fraction of sp³-hybridized carbons (Fsp3) is 0.471. The summed E-state index contributed by atoms with van der Waals surface area (Å²) in [6.07, 6.45) is 7.04. The minimum Gasteiger partial charge on any atom is -0.376 e. The lowest BCUT2D eigenvalue weighted by atomic mass is 10.1. The van der Waals surface area contributed by atoms with Crippen molar-refractivity contribution < 1.29 is 4.74 Å². The Bertz CT molecular complexity index is 701. The van der Waals surface area contributed by atoms with E-state index in [1.54, 1.807) is 6.07 Å². The first kappa shape index (κ1) is 15.8. The summed E-state index contributed by atoms with van der Waals surface area (Å²) in [5.74, 6) is 0. The standard InChI is InChI=1S/C17H22N4O2/c1-13-4-5-18-9-14(13)10-21-6-7-23-16(11-21)3-2-15-8-17(22)20-12-19-15/h4-5,8-9,12,16H,2-3,6-7,10-11H2,1H3,(H,19,20,22). The van der Waals surface area contributed by atoms with Gasteiger partial charge in [0.1, 0.15) is 0 Å². The lowest BCUT2D eigenvalue weighted by Crippen LogP contribution is -2.42. The number of nitrogens with one attached hydrogen (secondary N) is 1. The SMILES string of the molecule is Cc1ccncc1CN1CCOC(CCc2cc(=O)[nH]cn2)C1. The number of hydrogen-bond acceptors (Lipinski definition) is 5. The van der Waals surface area contributed by atoms with Crippen LogP contribution in [0.4, 0.5) is 0 Å². The number of aromatic nitrogens is 3. The molecule has 2 aromatic heterocycles. The van der Waals surface area contributed by atoms with Gasteiger partial charge in [0.25, 0.3) is 5.56 Å². The van der Waals surface area contributed by atoms with Crippen LogP contribution in [0.3, 0.4) is 0 Å². The predicted octanol–water partition coefficient (Wildman–Crippen LogP) is 1.31. The molecule has 6 heteroatoms. The number of hydrogen-bond donors (Lipinski definition) is 1. The minimum absolute atomic E-state index is 0.103. The van der Waals surface area contributed by atoms with Gasteiger partial charge in [-0.2, -0.15) is 0 Å². The number of pyridine rings is 1. The van der Waals surface area contributed by atoms with Crippen LogP contribution in [0.1, 0.15) is 23.2 Å². The molecule has 0 amide bonds. The molecule has 0 radical (unpaired) electrons. The van der Waals surface area contributed by atoms with Crippen molar-refractivity contribution in [2.24, 2.45) is 0 Å². The molecular weight excluding hydrogens is 292 g/mol. The van der Waals surface area contributed by atoms with Gasteiger partial charge < -0.3 is 9.72 Å². The predicted molar refractivity (Wildman–Crippen MR) is 87.2 cm³/mol. The molecule has 0 saturated carbocycles. The molecule has 3 heterocycles. The molecule has 0 bridgehead atoms. The molecule has 0 spiro atoms. The highest BCUT2D eigenvalue weighted by atomic mass is 16.5. The second-order valence-corrected chi connectivity index (χ2v) is 5.97. The number of aryl methyl sites for hydroxylation is 2. The van der Waals surface area contributed by atoms with Crippen LogP contribution in [0, 0.1) is 6.92 Å². The molecule has 1 fully saturated rings. The summed E-state index contributed by atoms with van der Waals surface area (Å²) < 4.78 is 5.86. The van der Waals surface area contributed by atoms with Crippen molar-refractivity contribution in [1.82, 2.24) is 19.9 Å². The molecule has 1 atom stereocenters. The molecule has 0 aromatic carbocycles. The number of morpholine rings is 1. The molecular formula is C17H22N4O2. The van der Waals surface area contributed by atoms with Gasteiger partial charge in [-0.1, -0.05) is 0 Å². The van der Waals surface area contributed by atoms with Gasteiger partial charge in [0.05, 0.1) is 19.0 Å². The van der Waals surface area contributed by atoms with Crippen LogP contribution < -0.4 is 5.56 Å². The zero-order valence-corrected chi connectivity index (χ0v) is 13.4. The molecule has 1 N–H and O–H groups in total. The maximum Gasteiger partial charge on any atom is 0.250 e. The highest BCUT2D eigenvalue weighted by Gasteiger charge is 2.21. The lowest BCUT2D eigenvalue weighted by Gasteiger charge is -2.33. The van der Waals surface area contributed by atoms with Gasteiger partial charge in [0, 0.05) is 43.8 Å². The largest absolute Gasteiger partial charge is 0.376 e. The fourth-order valence-corrected chi connectivity index (χ4v) is 2.86. The molecule has 1 saturated heterocycles. The van der Waals surface area contributed by atoms with Gasteiger partial charge >= 0.3 is 0 Å². The van der Waals surface area contributed by atoms with E-state index in [0.717, 1.165) is 44.8 Å². The summed E-state index contributed by atoms with van der Waals surface area (Å²) in [5, 5.41) is 0. The van der Waals surface area contributed by atoms with Crippen LogP contribution >= 0.6 is 0 Å². The van der Waals surface area contributed by atoms with E-state index in [0.29, 0.717) is 0 Å². The number of rotatable bonds is 5. The van der Waals surface area contributed by atoms with E-state index in [2.05, 4.69) is 26.8 Å². The van der Waals surface area contributed by atoms with E-state index in [4.69, 9.17) is 4.74 Å². The van der Waals surface area contributed by atoms with Gasteiger partial charge in [-0.05, 0) is 37.0 Å². The monoisotopic (exact) mass is 314 g/mol. The molecule has 23 heavy (non-hydrogen) atoms. The Hall–Kier alpha value is -2.05. The zero-order chi connectivity index (χ0) is 16.1. The molecule has 122 valence electrons. The van der Waals surface area contributed by atoms with Crippen molar-refractivity contribution >= 4 is 0 Å². The van der Waals surface area contributed by atoms with Gasteiger partial charge in [0.2, 0.25) is 0 Å². The average Bonchev–Trinajstić information content (AvgIpc) is 2.56. The van der Waals surface area contributed by atoms with Gasteiger partial charge in [0.15, 0.2) is 0 Å². The number of aromatic amines is 1. The van der Waals surface area contributed by atoms with Crippen molar-refractivity contribution in [1.29, 1.82) is 0 Å². The van der Waals surface area contributed by atoms with E-state index < -0.39 is 0 Å². The molecule has 0 aliphatic carbocycles. The van der Waals surface area contributed by atoms with E-state index in [-0.39, 0.29) is 11.7 Å². The zero-order valence-electron chi connectivity index (χ0n) is 13.4. The smallest absolute Gasteiger partial charge is 0.250 e. The average molecular weight is 314 g/mol. The summed E-state index contributed by atoms with van der Waals surface area (Å²) in [7, 11) is 0. The summed E-state index contributed by atoms with van der Waals surface area (Å²) in [6, 6.07) is 3.60. The topological polar surface area (TPSA) is 71.1 Å². The normalized spacial score (nSPS) is 18.9. The van der Waals surface area contributed by atoms with Crippen LogP contribution in [0.25, 0.3) is 0 Å². The molecule has 1 unspecified atom stereocenters. The van der Waals surface area contributed by atoms with Crippen LogP contribution in [0.2, 0.25) is 0 Å². The van der Waals surface area contributed by atoms with E-state index in [1.165, 1.54) is 17.5 Å². The highest BCUT2D eigenvalue weighted by Crippen LogP contribution is 2.15. The van der Waals surface area contributed by atoms with Crippen LogP contribution in [0.15, 0.2) is 35.6 Å². The van der Waals surface area contributed by atoms with Crippen molar-refractivity contribution in [3.05, 3.63) is 58.0 Å². The van der Waals surface area contributed by atoms with Crippen molar-refractivity contribution in [3.8, 4) is 0 Å². The third kappa shape index (κ3) is 4.46. The Morgan fingerprint density at radius 1 is 1.48 bits per heavy atom. The highest BCUT2D eigenvalue weighted by molar-refractivity contribution is 5.21. The first-order valence-electron chi connectivity index (χ1n) is 7.98. The van der Waals surface area contributed by atoms with Gasteiger partial charge in [-0.3, -0.25) is 14.7 Å². The minimum atomic E-state index is -0.103. The summed E-state index contributed by atoms with van der Waals surface area (Å²) in [5.41, 5.74) is 3.26. The van der Waals surface area contributed by atoms with Crippen LogP contribution in [0.5, 0.6) is 0 Å². The molecule has 1 aliphatic rings. The van der Waals surface area contributed by atoms with Crippen molar-refractivity contribution in [3.63, 3.8) is 0 Å². The maximum atomic E-state index is 11.3. The molecule has 2 aromatic rings. The first-order valence-corrected chi connectivity index (χ1v) is 7.98. The maximum absolute atomic E-state index is 11.3. The third-order valence-corrected chi connectivity index (χ3v) is 4.22. The summed E-state index contributed by atoms with van der Waals surface area (Å²) in [4.78, 5) is 24.6. The first-order chi connectivity index (χ1) is 11.2. The Labute approximate surface area is 135 Å². The molecule has 3 rings (SSSR count). The molecule has 1 aliphatic heterocycles. The van der Waals surface area contributed by atoms with Crippen LogP contribution in [-0.4, -0.2) is 45.7 Å². The second kappa shape index (κ2) is 7.48. The number of H-pyrrole nitrogens is 1.